The summed E-state index contributed by atoms with van der Waals surface area (Å²) in [4.78, 5) is 22.9. The molecule has 0 atom stereocenters. The summed E-state index contributed by atoms with van der Waals surface area (Å²) in [6.07, 6.45) is 1.09. The minimum absolute atomic E-state index is 0.194. The molecule has 0 saturated carbocycles. The van der Waals surface area contributed by atoms with E-state index in [9.17, 15) is 4.79 Å². The van der Waals surface area contributed by atoms with Crippen LogP contribution in [0.3, 0.4) is 0 Å². The van der Waals surface area contributed by atoms with Gasteiger partial charge in [0, 0.05) is 35.3 Å². The van der Waals surface area contributed by atoms with Crippen LogP contribution in [0.15, 0.2) is 59.3 Å². The molecule has 1 amide bonds. The number of carbonyl (C=O) groups excluding carboxylic acids is 1. The Morgan fingerprint density at radius 3 is 2.24 bits per heavy atom. The van der Waals surface area contributed by atoms with Gasteiger partial charge in [-0.1, -0.05) is 51.7 Å². The molecule has 37 heavy (non-hydrogen) atoms. The van der Waals surface area contributed by atoms with Crippen molar-refractivity contribution in [3.8, 4) is 23.7 Å². The monoisotopic (exact) mass is 555 g/mol. The summed E-state index contributed by atoms with van der Waals surface area (Å²) in [7, 11) is 3.42. The summed E-state index contributed by atoms with van der Waals surface area (Å²) < 4.78 is 8.27. The summed E-state index contributed by atoms with van der Waals surface area (Å²) in [6, 6.07) is 15.5. The number of aromatic nitrogens is 3. The Labute approximate surface area is 224 Å². The van der Waals surface area contributed by atoms with E-state index >= 15 is 0 Å². The molecule has 0 saturated heterocycles. The van der Waals surface area contributed by atoms with Crippen LogP contribution in [0.2, 0.25) is 0 Å². The minimum atomic E-state index is -0.650. The maximum absolute atomic E-state index is 12.7. The molecule has 0 fully saturated rings. The number of nitrogens with two attached hydrogens (primary N) is 1. The van der Waals surface area contributed by atoms with Crippen molar-refractivity contribution < 1.29 is 9.53 Å². The lowest BCUT2D eigenvalue weighted by molar-refractivity contribution is 0.0588. The van der Waals surface area contributed by atoms with Crippen molar-refractivity contribution >= 4 is 44.7 Å². The van der Waals surface area contributed by atoms with Gasteiger partial charge in [0.05, 0.1) is 17.4 Å². The molecule has 0 unspecified atom stereocenters. The predicted octanol–water partition coefficient (Wildman–Crippen LogP) is 5.48. The van der Waals surface area contributed by atoms with E-state index in [1.165, 1.54) is 4.90 Å². The van der Waals surface area contributed by atoms with E-state index in [1.807, 2.05) is 60.1 Å². The van der Waals surface area contributed by atoms with Gasteiger partial charge < -0.3 is 15.0 Å². The van der Waals surface area contributed by atoms with Gasteiger partial charge in [0.25, 0.3) is 0 Å². The maximum atomic E-state index is 12.7. The molecule has 186 valence electrons. The molecule has 8 heteroatoms. The normalized spacial score (nSPS) is 10.8. The van der Waals surface area contributed by atoms with Gasteiger partial charge in [-0.25, -0.2) is 14.8 Å². The first-order valence-electron chi connectivity index (χ1n) is 11.5. The Morgan fingerprint density at radius 2 is 1.62 bits per heavy atom. The van der Waals surface area contributed by atoms with Crippen molar-refractivity contribution in [2.24, 2.45) is 7.05 Å². The molecule has 2 aromatic carbocycles. The second-order valence-electron chi connectivity index (χ2n) is 9.38. The third-order valence-corrected chi connectivity index (χ3v) is 5.72. The van der Waals surface area contributed by atoms with Crippen LogP contribution < -0.4 is 10.6 Å². The highest BCUT2D eigenvalue weighted by Gasteiger charge is 2.25. The molecule has 0 aliphatic carbocycles. The molecule has 0 aliphatic heterocycles. The number of hydrogen-bond acceptors (Lipinski definition) is 5. The van der Waals surface area contributed by atoms with Crippen molar-refractivity contribution in [3.63, 3.8) is 0 Å². The topological polar surface area (TPSA) is 86.3 Å². The van der Waals surface area contributed by atoms with Gasteiger partial charge in [0.2, 0.25) is 0 Å². The molecular weight excluding hydrogens is 530 g/mol. The zero-order chi connectivity index (χ0) is 26.7. The van der Waals surface area contributed by atoms with Gasteiger partial charge >= 0.3 is 6.09 Å². The van der Waals surface area contributed by atoms with Gasteiger partial charge in [-0.3, -0.25) is 4.90 Å². The average Bonchev–Trinajstić information content (AvgIpc) is 3.22. The van der Waals surface area contributed by atoms with E-state index < -0.39 is 11.7 Å². The summed E-state index contributed by atoms with van der Waals surface area (Å²) in [5, 5.41) is 0. The van der Waals surface area contributed by atoms with E-state index in [0.29, 0.717) is 22.4 Å². The van der Waals surface area contributed by atoms with Crippen LogP contribution in [-0.4, -0.2) is 33.3 Å². The fourth-order valence-corrected chi connectivity index (χ4v) is 3.93. The number of imidazole rings is 1. The van der Waals surface area contributed by atoms with E-state index in [-0.39, 0.29) is 5.82 Å². The lowest BCUT2D eigenvalue weighted by Crippen LogP contribution is -2.34. The molecule has 0 bridgehead atoms. The summed E-state index contributed by atoms with van der Waals surface area (Å²) >= 11 is 3.47. The SMILES string of the molecule is CN(C(=O)OC(C)(C)C)c1nc(N)c(C#Cc2cccc(C#Cc3cccc(Br)c3)c2)c2c1ncn2C. The number of anilines is 2. The van der Waals surface area contributed by atoms with Gasteiger partial charge in [-0.05, 0) is 57.2 Å². The number of rotatable bonds is 1. The quantitative estimate of drug-likeness (QED) is 0.314. The summed E-state index contributed by atoms with van der Waals surface area (Å²) in [5.74, 6) is 13.2. The van der Waals surface area contributed by atoms with Crippen LogP contribution in [-0.2, 0) is 11.8 Å². The molecule has 7 nitrogen and oxygen atoms in total. The highest BCUT2D eigenvalue weighted by molar-refractivity contribution is 9.10. The lowest BCUT2D eigenvalue weighted by atomic mass is 10.1. The fraction of sp³-hybridized carbons (Fsp3) is 0.207. The second-order valence-corrected chi connectivity index (χ2v) is 10.3. The number of benzene rings is 2. The summed E-state index contributed by atoms with van der Waals surface area (Å²) in [6.45, 7) is 5.41. The zero-order valence-corrected chi connectivity index (χ0v) is 22.8. The number of aryl methyl sites for hydroxylation is 1. The highest BCUT2D eigenvalue weighted by atomic mass is 79.9. The fourth-order valence-electron chi connectivity index (χ4n) is 3.53. The third kappa shape index (κ3) is 6.11. The smallest absolute Gasteiger partial charge is 0.415 e. The predicted molar refractivity (Wildman–Crippen MR) is 150 cm³/mol. The number of carbonyl (C=O) groups is 1. The van der Waals surface area contributed by atoms with E-state index in [4.69, 9.17) is 10.5 Å². The summed E-state index contributed by atoms with van der Waals surface area (Å²) in [5.41, 5.74) is 9.94. The number of pyridine rings is 1. The Hall–Kier alpha value is -4.27. The molecular formula is C29H26BrN5O2. The first kappa shape index (κ1) is 25.8. The van der Waals surface area contributed by atoms with Crippen molar-refractivity contribution in [1.29, 1.82) is 0 Å². The maximum Gasteiger partial charge on any atom is 0.415 e. The molecule has 0 aliphatic rings. The van der Waals surface area contributed by atoms with Gasteiger partial charge in [0.15, 0.2) is 5.82 Å². The number of fused-ring (bicyclic) bond motifs is 1. The molecule has 2 aromatic heterocycles. The van der Waals surface area contributed by atoms with Gasteiger partial charge in [-0.2, -0.15) is 0 Å². The zero-order valence-electron chi connectivity index (χ0n) is 21.3. The largest absolute Gasteiger partial charge is 0.443 e. The van der Waals surface area contributed by atoms with Crippen LogP contribution in [0.4, 0.5) is 16.4 Å². The van der Waals surface area contributed by atoms with Crippen LogP contribution >= 0.6 is 15.9 Å². The van der Waals surface area contributed by atoms with E-state index in [2.05, 4.69) is 49.6 Å². The molecule has 0 spiro atoms. The number of hydrogen-bond donors (Lipinski definition) is 1. The van der Waals surface area contributed by atoms with Crippen LogP contribution in [0.5, 0.6) is 0 Å². The number of nitrogens with zero attached hydrogens (tertiary/aromatic N) is 4. The van der Waals surface area contributed by atoms with Crippen LogP contribution in [0.25, 0.3) is 11.0 Å². The Morgan fingerprint density at radius 1 is 1.03 bits per heavy atom. The first-order valence-corrected chi connectivity index (χ1v) is 12.3. The number of halogens is 1. The molecule has 4 rings (SSSR count). The average molecular weight is 556 g/mol. The number of nitrogen functional groups attached to an aromatic ring is 1. The third-order valence-electron chi connectivity index (χ3n) is 5.22. The molecule has 0 radical (unpaired) electrons. The van der Waals surface area contributed by atoms with Crippen LogP contribution in [0.1, 0.15) is 43.0 Å². The van der Waals surface area contributed by atoms with Crippen molar-refractivity contribution in [2.45, 2.75) is 26.4 Å². The highest BCUT2D eigenvalue weighted by Crippen LogP contribution is 2.29. The number of ether oxygens (including phenoxy) is 1. The minimum Gasteiger partial charge on any atom is -0.443 e. The molecule has 4 aromatic rings. The Bertz CT molecular complexity index is 1630. The van der Waals surface area contributed by atoms with Gasteiger partial charge in [-0.15, -0.1) is 0 Å². The van der Waals surface area contributed by atoms with Crippen LogP contribution in [0, 0.1) is 23.7 Å². The molecule has 2 N–H and O–H groups in total. The van der Waals surface area contributed by atoms with Crippen molar-refractivity contribution in [3.05, 3.63) is 81.6 Å². The number of amides is 1. The molecule has 2 heterocycles. The standard InChI is InChI=1S/C29H26BrN5O2/c1-29(2,3)37-28(36)35(5)27-24-25(34(4)18-32-24)23(26(31)33-27)15-14-20-9-6-8-19(16-20)12-13-21-10-7-11-22(30)17-21/h6-11,16-18H,1-5H3,(H2,31,33). The first-order chi connectivity index (χ1) is 17.5. The van der Waals surface area contributed by atoms with Gasteiger partial charge in [0.1, 0.15) is 16.9 Å². The van der Waals surface area contributed by atoms with Crippen molar-refractivity contribution in [1.82, 2.24) is 14.5 Å². The lowest BCUT2D eigenvalue weighted by Gasteiger charge is -2.24. The Balaban J connectivity index is 1.69. The van der Waals surface area contributed by atoms with Crippen molar-refractivity contribution in [2.75, 3.05) is 17.7 Å². The van der Waals surface area contributed by atoms with E-state index in [1.54, 1.807) is 34.1 Å². The van der Waals surface area contributed by atoms with E-state index in [0.717, 1.165) is 21.2 Å². The second kappa shape index (κ2) is 10.4. The Kier molecular flexibility index (Phi) is 7.24.